The van der Waals surface area contributed by atoms with Crippen molar-refractivity contribution in [2.45, 2.75) is 52.0 Å². The molecule has 1 aliphatic carbocycles. The van der Waals surface area contributed by atoms with Crippen molar-refractivity contribution in [1.29, 1.82) is 0 Å². The third-order valence-electron chi connectivity index (χ3n) is 5.02. The van der Waals surface area contributed by atoms with Crippen molar-refractivity contribution < 1.29 is 4.79 Å². The summed E-state index contributed by atoms with van der Waals surface area (Å²) in [6, 6.07) is 0. The number of carbonyl (C=O) groups excluding carboxylic acids is 1. The van der Waals surface area contributed by atoms with E-state index < -0.39 is 0 Å². The summed E-state index contributed by atoms with van der Waals surface area (Å²) in [5.41, 5.74) is 0.534. The van der Waals surface area contributed by atoms with Crippen molar-refractivity contribution in [2.24, 2.45) is 11.3 Å². The normalized spacial score (nSPS) is 27.9. The van der Waals surface area contributed by atoms with E-state index in [-0.39, 0.29) is 29.3 Å². The maximum Gasteiger partial charge on any atom is 0.232 e. The first-order valence-electron chi connectivity index (χ1n) is 7.99. The van der Waals surface area contributed by atoms with Gasteiger partial charge in [0.1, 0.15) is 0 Å². The standard InChI is InChI=1S/C16H26N4O.ClH/c1-15(2,3)20-10-13(9-18-20)19-14(21)16-7-5-4-6-12(16)8-17-11-16;/h9-10,12,17H,4-8,11H2,1-3H3,(H,19,21);1H/t12-,16+;/m0./s1. The summed E-state index contributed by atoms with van der Waals surface area (Å²) in [6.45, 7) is 8.10. The monoisotopic (exact) mass is 326 g/mol. The molecular weight excluding hydrogens is 300 g/mol. The first-order valence-corrected chi connectivity index (χ1v) is 7.99. The van der Waals surface area contributed by atoms with Gasteiger partial charge in [-0.1, -0.05) is 12.8 Å². The van der Waals surface area contributed by atoms with Crippen LogP contribution in [-0.4, -0.2) is 28.8 Å². The van der Waals surface area contributed by atoms with Crippen LogP contribution in [0.1, 0.15) is 46.5 Å². The Kier molecular flexibility index (Phi) is 4.87. The second kappa shape index (κ2) is 6.20. The van der Waals surface area contributed by atoms with Crippen molar-refractivity contribution in [2.75, 3.05) is 18.4 Å². The van der Waals surface area contributed by atoms with Gasteiger partial charge in [0.05, 0.1) is 22.8 Å². The quantitative estimate of drug-likeness (QED) is 0.878. The van der Waals surface area contributed by atoms with E-state index in [2.05, 4.69) is 36.5 Å². The zero-order chi connectivity index (χ0) is 15.1. The van der Waals surface area contributed by atoms with Gasteiger partial charge in [0.15, 0.2) is 0 Å². The van der Waals surface area contributed by atoms with E-state index in [1.807, 2.05) is 10.9 Å². The molecule has 22 heavy (non-hydrogen) atoms. The summed E-state index contributed by atoms with van der Waals surface area (Å²) < 4.78 is 1.89. The predicted octanol–water partition coefficient (Wildman–Crippen LogP) is 2.78. The van der Waals surface area contributed by atoms with E-state index in [4.69, 9.17) is 0 Å². The average Bonchev–Trinajstić information content (AvgIpc) is 3.04. The lowest BCUT2D eigenvalue weighted by molar-refractivity contribution is -0.128. The Morgan fingerprint density at radius 1 is 1.45 bits per heavy atom. The third-order valence-corrected chi connectivity index (χ3v) is 5.02. The first kappa shape index (κ1) is 17.3. The van der Waals surface area contributed by atoms with Crippen LogP contribution in [0.5, 0.6) is 0 Å². The Labute approximate surface area is 138 Å². The molecule has 2 heterocycles. The van der Waals surface area contributed by atoms with Crippen molar-refractivity contribution in [3.05, 3.63) is 12.4 Å². The largest absolute Gasteiger partial charge is 0.323 e. The molecule has 1 saturated carbocycles. The molecule has 0 aromatic carbocycles. The van der Waals surface area contributed by atoms with Gasteiger partial charge in [-0.25, -0.2) is 0 Å². The van der Waals surface area contributed by atoms with E-state index in [1.165, 1.54) is 12.8 Å². The second-order valence-corrected chi connectivity index (χ2v) is 7.53. The molecule has 2 aliphatic rings. The Bertz CT molecular complexity index is 536. The fourth-order valence-electron chi connectivity index (χ4n) is 3.70. The molecular formula is C16H27ClN4O. The van der Waals surface area contributed by atoms with Gasteiger partial charge in [0, 0.05) is 12.7 Å². The van der Waals surface area contributed by atoms with E-state index in [0.29, 0.717) is 5.92 Å². The first-order chi connectivity index (χ1) is 9.92. The average molecular weight is 327 g/mol. The number of nitrogens with zero attached hydrogens (tertiary/aromatic N) is 2. The summed E-state index contributed by atoms with van der Waals surface area (Å²) in [5, 5.41) is 10.9. The second-order valence-electron chi connectivity index (χ2n) is 7.53. The lowest BCUT2D eigenvalue weighted by Crippen LogP contribution is -2.44. The van der Waals surface area contributed by atoms with Gasteiger partial charge < -0.3 is 10.6 Å². The number of nitrogens with one attached hydrogen (secondary N) is 2. The lowest BCUT2D eigenvalue weighted by atomic mass is 9.67. The molecule has 2 N–H and O–H groups in total. The highest BCUT2D eigenvalue weighted by Gasteiger charge is 2.49. The van der Waals surface area contributed by atoms with Gasteiger partial charge in [0.2, 0.25) is 5.91 Å². The topological polar surface area (TPSA) is 59.0 Å². The van der Waals surface area contributed by atoms with Crippen molar-refractivity contribution in [1.82, 2.24) is 15.1 Å². The molecule has 1 aliphatic heterocycles. The van der Waals surface area contributed by atoms with Gasteiger partial charge in [-0.3, -0.25) is 9.48 Å². The molecule has 0 radical (unpaired) electrons. The van der Waals surface area contributed by atoms with Crippen LogP contribution < -0.4 is 10.6 Å². The molecule has 2 fully saturated rings. The Morgan fingerprint density at radius 2 is 2.23 bits per heavy atom. The zero-order valence-electron chi connectivity index (χ0n) is 13.7. The van der Waals surface area contributed by atoms with Crippen LogP contribution >= 0.6 is 12.4 Å². The summed E-state index contributed by atoms with van der Waals surface area (Å²) in [6.07, 6.45) is 8.26. The molecule has 3 rings (SSSR count). The number of anilines is 1. The molecule has 6 heteroatoms. The molecule has 124 valence electrons. The van der Waals surface area contributed by atoms with Crippen molar-refractivity contribution in [3.8, 4) is 0 Å². The summed E-state index contributed by atoms with van der Waals surface area (Å²) in [4.78, 5) is 12.8. The minimum atomic E-state index is -0.206. The van der Waals surface area contributed by atoms with Crippen LogP contribution in [0.2, 0.25) is 0 Å². The maximum absolute atomic E-state index is 12.8. The number of fused-ring (bicyclic) bond motifs is 1. The van der Waals surface area contributed by atoms with Gasteiger partial charge >= 0.3 is 0 Å². The maximum atomic E-state index is 12.8. The molecule has 2 atom stereocenters. The molecule has 1 aromatic rings. The van der Waals surface area contributed by atoms with Gasteiger partial charge in [-0.15, -0.1) is 12.4 Å². The number of hydrogen-bond donors (Lipinski definition) is 2. The number of aromatic nitrogens is 2. The zero-order valence-corrected chi connectivity index (χ0v) is 14.5. The van der Waals surface area contributed by atoms with Crippen LogP contribution in [0, 0.1) is 11.3 Å². The molecule has 1 amide bonds. The highest BCUT2D eigenvalue weighted by atomic mass is 35.5. The van der Waals surface area contributed by atoms with E-state index in [9.17, 15) is 4.79 Å². The number of rotatable bonds is 2. The summed E-state index contributed by atoms with van der Waals surface area (Å²) in [5.74, 6) is 0.662. The fourth-order valence-corrected chi connectivity index (χ4v) is 3.70. The Hall–Kier alpha value is -1.07. The Morgan fingerprint density at radius 3 is 2.91 bits per heavy atom. The molecule has 5 nitrogen and oxygen atoms in total. The van der Waals surface area contributed by atoms with Crippen LogP contribution in [-0.2, 0) is 10.3 Å². The van der Waals surface area contributed by atoms with Crippen LogP contribution in [0.3, 0.4) is 0 Å². The van der Waals surface area contributed by atoms with E-state index in [0.717, 1.165) is 31.6 Å². The van der Waals surface area contributed by atoms with Crippen LogP contribution in [0.25, 0.3) is 0 Å². The molecule has 1 aromatic heterocycles. The van der Waals surface area contributed by atoms with Crippen molar-refractivity contribution >= 4 is 24.0 Å². The minimum absolute atomic E-state index is 0. The van der Waals surface area contributed by atoms with E-state index in [1.54, 1.807) is 6.20 Å². The van der Waals surface area contributed by atoms with Crippen LogP contribution in [0.4, 0.5) is 5.69 Å². The number of amides is 1. The van der Waals surface area contributed by atoms with Gasteiger partial charge in [0.25, 0.3) is 0 Å². The van der Waals surface area contributed by atoms with E-state index >= 15 is 0 Å². The van der Waals surface area contributed by atoms with Crippen LogP contribution in [0.15, 0.2) is 12.4 Å². The minimum Gasteiger partial charge on any atom is -0.323 e. The molecule has 0 unspecified atom stereocenters. The number of halogens is 1. The molecule has 0 spiro atoms. The SMILES string of the molecule is CC(C)(C)n1cc(NC(=O)[C@@]23CCCC[C@H]2CNC3)cn1.Cl. The molecule has 1 saturated heterocycles. The van der Waals surface area contributed by atoms with Gasteiger partial charge in [-0.05, 0) is 46.1 Å². The Balaban J connectivity index is 0.00000176. The highest BCUT2D eigenvalue weighted by molar-refractivity contribution is 5.96. The highest BCUT2D eigenvalue weighted by Crippen LogP contribution is 2.44. The smallest absolute Gasteiger partial charge is 0.232 e. The lowest BCUT2D eigenvalue weighted by Gasteiger charge is -2.36. The summed E-state index contributed by atoms with van der Waals surface area (Å²) in [7, 11) is 0. The fraction of sp³-hybridized carbons (Fsp3) is 0.750. The van der Waals surface area contributed by atoms with Crippen molar-refractivity contribution in [3.63, 3.8) is 0 Å². The summed E-state index contributed by atoms with van der Waals surface area (Å²) >= 11 is 0. The number of hydrogen-bond acceptors (Lipinski definition) is 3. The third kappa shape index (κ3) is 3.01. The van der Waals surface area contributed by atoms with Gasteiger partial charge in [-0.2, -0.15) is 5.10 Å². The number of carbonyl (C=O) groups is 1. The predicted molar refractivity (Wildman–Crippen MR) is 90.4 cm³/mol. The molecule has 0 bridgehead atoms.